The van der Waals surface area contributed by atoms with Crippen molar-refractivity contribution in [2.45, 2.75) is 129 Å². The summed E-state index contributed by atoms with van der Waals surface area (Å²) in [5, 5.41) is 17.4. The first-order chi connectivity index (χ1) is 32.3. The van der Waals surface area contributed by atoms with E-state index in [2.05, 4.69) is 27.8 Å². The third-order valence-electron chi connectivity index (χ3n) is 10.5. The zero-order valence-corrected chi connectivity index (χ0v) is 38.9. The van der Waals surface area contributed by atoms with Crippen molar-refractivity contribution in [1.82, 2.24) is 10.6 Å². The van der Waals surface area contributed by atoms with Gasteiger partial charge in [-0.2, -0.15) is 0 Å². The zero-order chi connectivity index (χ0) is 50.0. The predicted molar refractivity (Wildman–Crippen MR) is 238 cm³/mol. The van der Waals surface area contributed by atoms with Gasteiger partial charge in [0, 0.05) is 52.0 Å². The zero-order valence-electron chi connectivity index (χ0n) is 38.9. The first-order valence-corrected chi connectivity index (χ1v) is 22.0. The number of aliphatic carboxylic acids is 1. The molecule has 3 amide bonds. The number of carboxylic acid groups (broad SMARTS) is 1. The molecule has 21 heteroatoms. The standard InChI is InChI=1S/C47H60N4O17/c1-27(52)64-38-39(65-28(2)53)41(66-29(3)54)44(68-40(38)43(57)61-6)67-36-19-16-31(23-35(36)42(56)50-21-20-49-37(55)26-62-34-12-10-8-7-9-11-13-34)25-63-46(60)51-33-17-14-30(15-18-33)22-32(48)24-47(4,5)45(58)59/h14-19,23,32,34,38-41,44H,7-10,12,20-22,24-26,48H2,1-6H3,(H,49,55)(H,50,56)(H,51,60)(H,58,59)/t32-,34?,38-,39-,40-,41+,44+/m0/s1. The number of carbonyl (C=O) groups is 8. The molecule has 0 saturated carbocycles. The van der Waals surface area contributed by atoms with Crippen LogP contribution in [0.1, 0.15) is 94.6 Å². The minimum absolute atomic E-state index is 0.0111. The van der Waals surface area contributed by atoms with Crippen LogP contribution in [0.15, 0.2) is 42.5 Å². The number of hydrogen-bond acceptors (Lipinski definition) is 17. The molecule has 1 aliphatic heterocycles. The number of anilines is 1. The Kier molecular flexibility index (Phi) is 20.6. The van der Waals surface area contributed by atoms with Crippen LogP contribution in [0.4, 0.5) is 10.5 Å². The summed E-state index contributed by atoms with van der Waals surface area (Å²) in [6.45, 7) is 5.61. The molecule has 1 saturated heterocycles. The topological polar surface area (TPSA) is 293 Å². The van der Waals surface area contributed by atoms with Gasteiger partial charge in [0.25, 0.3) is 5.91 Å². The lowest BCUT2D eigenvalue weighted by molar-refractivity contribution is -0.282. The maximum atomic E-state index is 13.9. The average Bonchev–Trinajstić information content (AvgIpc) is 3.25. The van der Waals surface area contributed by atoms with Crippen molar-refractivity contribution in [3.05, 3.63) is 59.2 Å². The molecule has 1 heterocycles. The van der Waals surface area contributed by atoms with Crippen molar-refractivity contribution < 1.29 is 81.4 Å². The van der Waals surface area contributed by atoms with Gasteiger partial charge in [0.1, 0.15) is 25.1 Å². The highest BCUT2D eigenvalue weighted by molar-refractivity contribution is 5.97. The van der Waals surface area contributed by atoms with Crippen molar-refractivity contribution in [2.75, 3.05) is 32.1 Å². The Labute approximate surface area is 393 Å². The summed E-state index contributed by atoms with van der Waals surface area (Å²) in [7, 11) is 1.03. The van der Waals surface area contributed by atoms with Gasteiger partial charge in [-0.05, 0) is 81.3 Å². The fraction of sp³-hybridized carbons (Fsp3) is 0.532. The van der Waals surface area contributed by atoms with E-state index in [0.717, 1.165) is 59.1 Å². The van der Waals surface area contributed by atoms with Crippen LogP contribution in [0.3, 0.4) is 0 Å². The second-order valence-electron chi connectivity index (χ2n) is 16.7. The highest BCUT2D eigenvalue weighted by Gasteiger charge is 2.56. The number of methoxy groups -OCH3 is 1. The number of rotatable bonds is 21. The number of amides is 3. The molecule has 7 atom stereocenters. The molecule has 0 spiro atoms. The first-order valence-electron chi connectivity index (χ1n) is 22.0. The summed E-state index contributed by atoms with van der Waals surface area (Å²) in [5.74, 6) is -0.0702. The Morgan fingerprint density at radius 2 is 1.50 bits per heavy atom. The van der Waals surface area contributed by atoms with Crippen LogP contribution in [-0.2, 0) is 75.0 Å². The van der Waals surface area contributed by atoms with E-state index in [0.29, 0.717) is 18.5 Å². The van der Waals surface area contributed by atoms with E-state index in [1.54, 1.807) is 38.1 Å². The molecule has 0 aromatic heterocycles. The van der Waals surface area contributed by atoms with Crippen LogP contribution in [0.5, 0.6) is 5.75 Å². The molecule has 1 fully saturated rings. The molecule has 0 bridgehead atoms. The van der Waals surface area contributed by atoms with Crippen LogP contribution in [0.2, 0.25) is 0 Å². The minimum atomic E-state index is -1.81. The maximum Gasteiger partial charge on any atom is 0.411 e. The molecule has 6 N–H and O–H groups in total. The molecule has 1 aliphatic carbocycles. The van der Waals surface area contributed by atoms with Gasteiger partial charge < -0.3 is 59.4 Å². The number of benzene rings is 2. The summed E-state index contributed by atoms with van der Waals surface area (Å²) in [5.41, 5.74) is 6.53. The largest absolute Gasteiger partial charge is 0.481 e. The second kappa shape index (κ2) is 26.0. The van der Waals surface area contributed by atoms with E-state index in [4.69, 9.17) is 43.6 Å². The number of ether oxygens (including phenoxy) is 8. The van der Waals surface area contributed by atoms with Gasteiger partial charge in [-0.1, -0.05) is 30.5 Å². The van der Waals surface area contributed by atoms with Crippen molar-refractivity contribution in [1.29, 1.82) is 0 Å². The lowest BCUT2D eigenvalue weighted by atomic mass is 9.84. The Hall–Kier alpha value is -6.76. The van der Waals surface area contributed by atoms with Crippen molar-refractivity contribution in [3.63, 3.8) is 0 Å². The van der Waals surface area contributed by atoms with E-state index < -0.39 is 89.9 Å². The lowest BCUT2D eigenvalue weighted by Gasteiger charge is -2.43. The van der Waals surface area contributed by atoms with E-state index in [1.165, 1.54) is 18.2 Å². The quantitative estimate of drug-likeness (QED) is 0.0520. The number of carbonyl (C=O) groups excluding carboxylic acids is 7. The first kappa shape index (κ1) is 53.9. The van der Waals surface area contributed by atoms with Gasteiger partial charge in [-0.3, -0.25) is 34.1 Å². The van der Waals surface area contributed by atoms with Crippen molar-refractivity contribution >= 4 is 53.4 Å². The number of nitrogens with two attached hydrogens (primary N) is 1. The molecule has 68 heavy (non-hydrogen) atoms. The summed E-state index contributed by atoms with van der Waals surface area (Å²) in [6, 6.07) is 10.4. The summed E-state index contributed by atoms with van der Waals surface area (Å²) >= 11 is 0. The fourth-order valence-electron chi connectivity index (χ4n) is 7.20. The maximum absolute atomic E-state index is 13.9. The summed E-state index contributed by atoms with van der Waals surface area (Å²) in [4.78, 5) is 101. The van der Waals surface area contributed by atoms with Gasteiger partial charge in [0.15, 0.2) is 18.3 Å². The number of hydrogen-bond donors (Lipinski definition) is 5. The Bertz CT molecular complexity index is 2190. The van der Waals surface area contributed by atoms with Crippen molar-refractivity contribution in [2.24, 2.45) is 11.1 Å². The Balaban J connectivity index is 1.53. The molecule has 4 rings (SSSR count). The number of carboxylic acids is 1. The smallest absolute Gasteiger partial charge is 0.411 e. The SMILES string of the molecule is COC(=O)[C@H]1O[C@@H](Oc2ccc(COC(=O)Nc3ccc(C[C@H](N)CC(C)(C)C(=O)O)cc3)cc2C(=O)NCCNC(=O)COC2C#CCCCCC2)[C@H](OC(C)=O)[C@@H](OC(C)=O)[C@@H]1OC(C)=O. The third-order valence-corrected chi connectivity index (χ3v) is 10.5. The molecule has 1 unspecified atom stereocenters. The second-order valence-corrected chi connectivity index (χ2v) is 16.7. The molecule has 2 aromatic carbocycles. The van der Waals surface area contributed by atoms with E-state index in [-0.39, 0.29) is 55.7 Å². The predicted octanol–water partition coefficient (Wildman–Crippen LogP) is 3.08. The lowest BCUT2D eigenvalue weighted by Crippen LogP contribution is -2.64. The molecule has 370 valence electrons. The normalized spacial score (nSPS) is 20.5. The molecular weight excluding hydrogens is 893 g/mol. The summed E-state index contributed by atoms with van der Waals surface area (Å²) < 4.78 is 44.2. The Morgan fingerprint density at radius 3 is 2.16 bits per heavy atom. The van der Waals surface area contributed by atoms with Gasteiger partial charge in [0.05, 0.1) is 18.1 Å². The van der Waals surface area contributed by atoms with Crippen LogP contribution in [0, 0.1) is 17.3 Å². The molecular formula is C47H60N4O17. The van der Waals surface area contributed by atoms with E-state index >= 15 is 0 Å². The van der Waals surface area contributed by atoms with Crippen LogP contribution < -0.4 is 26.4 Å². The monoisotopic (exact) mass is 952 g/mol. The van der Waals surface area contributed by atoms with Gasteiger partial charge >= 0.3 is 35.9 Å². The van der Waals surface area contributed by atoms with Gasteiger partial charge in [0.2, 0.25) is 18.3 Å². The van der Waals surface area contributed by atoms with Crippen molar-refractivity contribution in [3.8, 4) is 17.6 Å². The fourth-order valence-corrected chi connectivity index (χ4v) is 7.20. The average molecular weight is 953 g/mol. The molecule has 0 radical (unpaired) electrons. The van der Waals surface area contributed by atoms with E-state index in [9.17, 15) is 43.5 Å². The minimum Gasteiger partial charge on any atom is -0.481 e. The van der Waals surface area contributed by atoms with E-state index in [1.807, 2.05) is 0 Å². The van der Waals surface area contributed by atoms with Gasteiger partial charge in [-0.15, -0.1) is 5.92 Å². The summed E-state index contributed by atoms with van der Waals surface area (Å²) in [6.07, 6.45) is -4.70. The Morgan fingerprint density at radius 1 is 0.853 bits per heavy atom. The highest BCUT2D eigenvalue weighted by atomic mass is 16.7. The van der Waals surface area contributed by atoms with Crippen LogP contribution in [0.25, 0.3) is 0 Å². The highest BCUT2D eigenvalue weighted by Crippen LogP contribution is 2.33. The van der Waals surface area contributed by atoms with Crippen LogP contribution >= 0.6 is 0 Å². The number of nitrogens with one attached hydrogen (secondary N) is 3. The molecule has 2 aliphatic rings. The van der Waals surface area contributed by atoms with Crippen LogP contribution in [-0.4, -0.2) is 123 Å². The van der Waals surface area contributed by atoms with Gasteiger partial charge in [-0.25, -0.2) is 9.59 Å². The molecule has 21 nitrogen and oxygen atoms in total. The molecule has 2 aromatic rings. The number of esters is 4. The third kappa shape index (κ3) is 17.2.